The van der Waals surface area contributed by atoms with Crippen LogP contribution in [0.1, 0.15) is 32.3 Å². The fourth-order valence-corrected chi connectivity index (χ4v) is 2.88. The van der Waals surface area contributed by atoms with E-state index < -0.39 is 18.0 Å². The van der Waals surface area contributed by atoms with Crippen molar-refractivity contribution in [1.82, 2.24) is 4.90 Å². The molecule has 0 aliphatic carbocycles. The van der Waals surface area contributed by atoms with Crippen LogP contribution in [0, 0.1) is 17.2 Å². The van der Waals surface area contributed by atoms with E-state index in [-0.39, 0.29) is 11.9 Å². The third-order valence-corrected chi connectivity index (χ3v) is 4.23. The molecule has 1 amide bonds. The molecule has 3 atom stereocenters. The summed E-state index contributed by atoms with van der Waals surface area (Å²) in [5, 5.41) is 18.0. The number of hydrogen-bond donors (Lipinski definition) is 1. The number of likely N-dealkylation sites (tertiary alicyclic amines) is 1. The Morgan fingerprint density at radius 1 is 1.39 bits per heavy atom. The number of aliphatic carboxylic acids is 1. The van der Waals surface area contributed by atoms with Gasteiger partial charge in [0.05, 0.1) is 17.6 Å². The number of amides is 1. The molecule has 1 aromatic rings. The first kappa shape index (κ1) is 16.8. The maximum Gasteiger partial charge on any atom is 0.308 e. The van der Waals surface area contributed by atoms with Crippen LogP contribution in [0.5, 0.6) is 5.75 Å². The van der Waals surface area contributed by atoms with Gasteiger partial charge in [-0.25, -0.2) is 0 Å². The zero-order valence-corrected chi connectivity index (χ0v) is 13.2. The molecule has 0 spiro atoms. The Labute approximate surface area is 135 Å². The highest BCUT2D eigenvalue weighted by molar-refractivity contribution is 5.82. The fourth-order valence-electron chi connectivity index (χ4n) is 2.88. The highest BCUT2D eigenvalue weighted by Crippen LogP contribution is 2.25. The number of nitriles is 1. The molecule has 1 unspecified atom stereocenters. The third-order valence-electron chi connectivity index (χ3n) is 4.23. The summed E-state index contributed by atoms with van der Waals surface area (Å²) in [6.07, 6.45) is 0.555. The number of piperidine rings is 1. The molecule has 122 valence electrons. The van der Waals surface area contributed by atoms with E-state index in [0.29, 0.717) is 30.7 Å². The van der Waals surface area contributed by atoms with Crippen molar-refractivity contribution < 1.29 is 19.4 Å². The number of carbonyl (C=O) groups excluding carboxylic acids is 1. The summed E-state index contributed by atoms with van der Waals surface area (Å²) in [4.78, 5) is 25.4. The summed E-state index contributed by atoms with van der Waals surface area (Å²) in [6.45, 7) is 3.97. The smallest absolute Gasteiger partial charge is 0.308 e. The van der Waals surface area contributed by atoms with Gasteiger partial charge in [0, 0.05) is 12.6 Å². The number of benzene rings is 1. The lowest BCUT2D eigenvalue weighted by Crippen LogP contribution is -2.52. The summed E-state index contributed by atoms with van der Waals surface area (Å²) in [6, 6.07) is 8.20. The molecule has 1 aliphatic heterocycles. The van der Waals surface area contributed by atoms with Crippen LogP contribution in [-0.4, -0.2) is 40.6 Å². The Bertz CT molecular complexity index is 620. The molecule has 0 radical (unpaired) electrons. The van der Waals surface area contributed by atoms with Gasteiger partial charge in [0.15, 0.2) is 6.10 Å². The van der Waals surface area contributed by atoms with E-state index in [1.54, 1.807) is 43.0 Å². The number of hydrogen-bond acceptors (Lipinski definition) is 4. The molecule has 0 saturated carbocycles. The first-order valence-electron chi connectivity index (χ1n) is 7.64. The highest BCUT2D eigenvalue weighted by Gasteiger charge is 2.37. The van der Waals surface area contributed by atoms with Crippen LogP contribution in [0.3, 0.4) is 0 Å². The van der Waals surface area contributed by atoms with Gasteiger partial charge in [0.25, 0.3) is 5.91 Å². The minimum Gasteiger partial charge on any atom is -0.481 e. The van der Waals surface area contributed by atoms with Crippen molar-refractivity contribution in [2.45, 2.75) is 38.8 Å². The van der Waals surface area contributed by atoms with Crippen LogP contribution in [-0.2, 0) is 9.59 Å². The summed E-state index contributed by atoms with van der Waals surface area (Å²) >= 11 is 0. The maximum atomic E-state index is 12.6. The molecule has 1 heterocycles. The Morgan fingerprint density at radius 3 is 2.61 bits per heavy atom. The number of rotatable bonds is 4. The topological polar surface area (TPSA) is 90.6 Å². The van der Waals surface area contributed by atoms with Crippen molar-refractivity contribution in [3.63, 3.8) is 0 Å². The Kier molecular flexibility index (Phi) is 5.22. The molecule has 0 bridgehead atoms. The average molecular weight is 316 g/mol. The normalized spacial score (nSPS) is 22.0. The molecular weight excluding hydrogens is 296 g/mol. The number of carboxylic acid groups (broad SMARTS) is 1. The summed E-state index contributed by atoms with van der Waals surface area (Å²) in [7, 11) is 0. The molecule has 6 nitrogen and oxygen atoms in total. The Balaban J connectivity index is 2.03. The van der Waals surface area contributed by atoms with Gasteiger partial charge in [0.1, 0.15) is 5.75 Å². The second-order valence-electron chi connectivity index (χ2n) is 5.76. The van der Waals surface area contributed by atoms with E-state index >= 15 is 0 Å². The lowest BCUT2D eigenvalue weighted by Gasteiger charge is -2.38. The van der Waals surface area contributed by atoms with Crippen molar-refractivity contribution in [2.24, 2.45) is 5.92 Å². The van der Waals surface area contributed by atoms with E-state index in [4.69, 9.17) is 10.00 Å². The van der Waals surface area contributed by atoms with Crippen LogP contribution in [0.4, 0.5) is 0 Å². The predicted molar refractivity (Wildman–Crippen MR) is 82.8 cm³/mol. The zero-order chi connectivity index (χ0) is 17.0. The van der Waals surface area contributed by atoms with E-state index in [2.05, 4.69) is 0 Å². The zero-order valence-electron chi connectivity index (χ0n) is 13.2. The molecule has 1 aromatic carbocycles. The first-order chi connectivity index (χ1) is 10.9. The Morgan fingerprint density at radius 2 is 2.04 bits per heavy atom. The van der Waals surface area contributed by atoms with Gasteiger partial charge in [0.2, 0.25) is 0 Å². The van der Waals surface area contributed by atoms with Crippen molar-refractivity contribution in [3.8, 4) is 11.8 Å². The van der Waals surface area contributed by atoms with Gasteiger partial charge in [-0.2, -0.15) is 5.26 Å². The monoisotopic (exact) mass is 316 g/mol. The van der Waals surface area contributed by atoms with E-state index in [1.165, 1.54) is 0 Å². The molecule has 1 N–H and O–H groups in total. The van der Waals surface area contributed by atoms with Crippen LogP contribution in [0.2, 0.25) is 0 Å². The minimum absolute atomic E-state index is 0.215. The van der Waals surface area contributed by atoms with Crippen LogP contribution in [0.15, 0.2) is 24.3 Å². The molecule has 1 fully saturated rings. The third kappa shape index (κ3) is 3.81. The average Bonchev–Trinajstić information content (AvgIpc) is 2.54. The fraction of sp³-hybridized carbons (Fsp3) is 0.471. The summed E-state index contributed by atoms with van der Waals surface area (Å²) in [5.41, 5.74) is 0.519. The van der Waals surface area contributed by atoms with E-state index in [9.17, 15) is 14.7 Å². The van der Waals surface area contributed by atoms with Crippen molar-refractivity contribution in [1.29, 1.82) is 5.26 Å². The maximum absolute atomic E-state index is 12.6. The molecule has 2 rings (SSSR count). The van der Waals surface area contributed by atoms with Gasteiger partial charge >= 0.3 is 5.97 Å². The van der Waals surface area contributed by atoms with Crippen LogP contribution < -0.4 is 4.74 Å². The van der Waals surface area contributed by atoms with E-state index in [1.807, 2.05) is 6.07 Å². The van der Waals surface area contributed by atoms with Gasteiger partial charge in [-0.05, 0) is 51.0 Å². The van der Waals surface area contributed by atoms with Gasteiger partial charge < -0.3 is 14.7 Å². The largest absolute Gasteiger partial charge is 0.481 e. The van der Waals surface area contributed by atoms with Crippen LogP contribution in [0.25, 0.3) is 0 Å². The number of ether oxygens (including phenoxy) is 1. The highest BCUT2D eigenvalue weighted by atomic mass is 16.5. The second kappa shape index (κ2) is 7.14. The van der Waals surface area contributed by atoms with Crippen LogP contribution >= 0.6 is 0 Å². The van der Waals surface area contributed by atoms with Gasteiger partial charge in [-0.15, -0.1) is 0 Å². The van der Waals surface area contributed by atoms with Crippen molar-refractivity contribution in [3.05, 3.63) is 29.8 Å². The number of carboxylic acids is 1. The lowest BCUT2D eigenvalue weighted by molar-refractivity contribution is -0.151. The Hall–Kier alpha value is -2.55. The molecule has 6 heteroatoms. The van der Waals surface area contributed by atoms with Gasteiger partial charge in [-0.1, -0.05) is 0 Å². The number of nitrogens with zero attached hydrogens (tertiary/aromatic N) is 2. The predicted octanol–water partition coefficient (Wildman–Crippen LogP) is 2.04. The van der Waals surface area contributed by atoms with Crippen molar-refractivity contribution in [2.75, 3.05) is 6.54 Å². The lowest BCUT2D eigenvalue weighted by atomic mass is 9.90. The number of carbonyl (C=O) groups is 2. The molecule has 1 aliphatic rings. The van der Waals surface area contributed by atoms with E-state index in [0.717, 1.165) is 0 Å². The standard InChI is InChI=1S/C17H20N2O4/c1-11-15(17(21)22)4-3-9-19(11)16(20)12(2)23-14-7-5-13(10-18)6-8-14/h5-8,11-12,15H,3-4,9H2,1-2H3,(H,21,22)/t11-,12?,15-/m0/s1. The summed E-state index contributed by atoms with van der Waals surface area (Å²) < 4.78 is 5.62. The minimum atomic E-state index is -0.865. The molecular formula is C17H20N2O4. The molecule has 0 aromatic heterocycles. The summed E-state index contributed by atoms with van der Waals surface area (Å²) in [5.74, 6) is -1.11. The van der Waals surface area contributed by atoms with Gasteiger partial charge in [-0.3, -0.25) is 9.59 Å². The molecule has 23 heavy (non-hydrogen) atoms. The molecule has 1 saturated heterocycles. The quantitative estimate of drug-likeness (QED) is 0.918. The second-order valence-corrected chi connectivity index (χ2v) is 5.76. The first-order valence-corrected chi connectivity index (χ1v) is 7.64. The van der Waals surface area contributed by atoms with Crippen molar-refractivity contribution >= 4 is 11.9 Å². The SMILES string of the molecule is CC(Oc1ccc(C#N)cc1)C(=O)N1CCC[C@H](C(=O)O)[C@@H]1C.